The van der Waals surface area contributed by atoms with Crippen molar-refractivity contribution in [2.24, 2.45) is 0 Å². The van der Waals surface area contributed by atoms with Crippen molar-refractivity contribution in [2.45, 2.75) is 19.4 Å². The highest BCUT2D eigenvalue weighted by molar-refractivity contribution is 5.88. The summed E-state index contributed by atoms with van der Waals surface area (Å²) in [6.07, 6.45) is 5.42. The van der Waals surface area contributed by atoms with Crippen LogP contribution in [-0.2, 0) is 13.0 Å². The number of anilines is 1. The van der Waals surface area contributed by atoms with Crippen molar-refractivity contribution in [2.75, 3.05) is 11.4 Å². The van der Waals surface area contributed by atoms with E-state index in [2.05, 4.69) is 4.90 Å². The zero-order chi connectivity index (χ0) is 13.2. The van der Waals surface area contributed by atoms with Gasteiger partial charge in [0.05, 0.1) is 18.1 Å². The van der Waals surface area contributed by atoms with Crippen LogP contribution in [0.2, 0.25) is 0 Å². The van der Waals surface area contributed by atoms with Crippen molar-refractivity contribution in [3.8, 4) is 0 Å². The van der Waals surface area contributed by atoms with Crippen molar-refractivity contribution in [3.05, 3.63) is 53.5 Å². The number of rotatable bonds is 3. The molecule has 1 aromatic heterocycles. The summed E-state index contributed by atoms with van der Waals surface area (Å²) < 4.78 is 5.09. The van der Waals surface area contributed by atoms with Crippen LogP contribution >= 0.6 is 0 Å². The van der Waals surface area contributed by atoms with Gasteiger partial charge in [-0.2, -0.15) is 0 Å². The highest BCUT2D eigenvalue weighted by Crippen LogP contribution is 2.29. The standard InChI is InChI=1S/C15H15NO3/c17-15(18)13-3-4-14-12(8-13)2-1-6-16(14)9-11-5-7-19-10-11/h3-5,7-8,10H,1-2,6,9H2,(H,17,18). The van der Waals surface area contributed by atoms with Gasteiger partial charge in [0.25, 0.3) is 0 Å². The molecule has 0 saturated heterocycles. The lowest BCUT2D eigenvalue weighted by atomic mass is 9.99. The lowest BCUT2D eigenvalue weighted by molar-refractivity contribution is 0.0697. The van der Waals surface area contributed by atoms with Gasteiger partial charge in [-0.05, 0) is 42.7 Å². The zero-order valence-electron chi connectivity index (χ0n) is 10.5. The summed E-state index contributed by atoms with van der Waals surface area (Å²) >= 11 is 0. The number of hydrogen-bond acceptors (Lipinski definition) is 3. The van der Waals surface area contributed by atoms with Gasteiger partial charge in [0.15, 0.2) is 0 Å². The zero-order valence-corrected chi connectivity index (χ0v) is 10.5. The monoisotopic (exact) mass is 257 g/mol. The minimum Gasteiger partial charge on any atom is -0.478 e. The number of hydrogen-bond donors (Lipinski definition) is 1. The summed E-state index contributed by atoms with van der Waals surface area (Å²) in [6.45, 7) is 1.79. The van der Waals surface area contributed by atoms with Gasteiger partial charge in [-0.3, -0.25) is 0 Å². The molecule has 4 nitrogen and oxygen atoms in total. The molecule has 19 heavy (non-hydrogen) atoms. The van der Waals surface area contributed by atoms with Crippen LogP contribution in [0.4, 0.5) is 5.69 Å². The van der Waals surface area contributed by atoms with Gasteiger partial charge in [0.2, 0.25) is 0 Å². The Morgan fingerprint density at radius 1 is 1.37 bits per heavy atom. The van der Waals surface area contributed by atoms with Gasteiger partial charge < -0.3 is 14.4 Å². The first-order chi connectivity index (χ1) is 9.24. The molecule has 1 N–H and O–H groups in total. The van der Waals surface area contributed by atoms with Gasteiger partial charge in [-0.15, -0.1) is 0 Å². The van der Waals surface area contributed by atoms with E-state index in [4.69, 9.17) is 9.52 Å². The maximum Gasteiger partial charge on any atom is 0.335 e. The minimum atomic E-state index is -0.866. The van der Waals surface area contributed by atoms with E-state index in [9.17, 15) is 4.79 Å². The molecule has 0 amide bonds. The van der Waals surface area contributed by atoms with Crippen LogP contribution in [0.3, 0.4) is 0 Å². The molecule has 1 aliphatic heterocycles. The molecular weight excluding hydrogens is 242 g/mol. The van der Waals surface area contributed by atoms with Crippen LogP contribution in [0.15, 0.2) is 41.2 Å². The second-order valence-corrected chi connectivity index (χ2v) is 4.81. The Morgan fingerprint density at radius 3 is 3.00 bits per heavy atom. The summed E-state index contributed by atoms with van der Waals surface area (Å²) in [6, 6.07) is 7.34. The Bertz CT molecular complexity index is 589. The van der Waals surface area contributed by atoms with Crippen LogP contribution in [0, 0.1) is 0 Å². The van der Waals surface area contributed by atoms with E-state index in [0.717, 1.165) is 42.7 Å². The van der Waals surface area contributed by atoms with E-state index in [1.165, 1.54) is 0 Å². The lowest BCUT2D eigenvalue weighted by Crippen LogP contribution is -2.28. The lowest BCUT2D eigenvalue weighted by Gasteiger charge is -2.31. The molecule has 0 fully saturated rings. The van der Waals surface area contributed by atoms with Crippen LogP contribution in [0.25, 0.3) is 0 Å². The van der Waals surface area contributed by atoms with Crippen molar-refractivity contribution in [1.82, 2.24) is 0 Å². The molecule has 2 aromatic rings. The number of nitrogens with zero attached hydrogens (tertiary/aromatic N) is 1. The van der Waals surface area contributed by atoms with Gasteiger partial charge >= 0.3 is 5.97 Å². The fourth-order valence-electron chi connectivity index (χ4n) is 2.58. The van der Waals surface area contributed by atoms with E-state index in [1.807, 2.05) is 12.1 Å². The Morgan fingerprint density at radius 2 is 2.26 bits per heavy atom. The number of benzene rings is 1. The molecule has 0 bridgehead atoms. The first-order valence-corrected chi connectivity index (χ1v) is 6.36. The Hall–Kier alpha value is -2.23. The molecule has 0 radical (unpaired) electrons. The number of carboxylic acids is 1. The fraction of sp³-hybridized carbons (Fsp3) is 0.267. The SMILES string of the molecule is O=C(O)c1ccc2c(c1)CCCN2Cc1ccoc1. The molecule has 1 aromatic carbocycles. The molecule has 3 rings (SSSR count). The van der Waals surface area contributed by atoms with Crippen molar-refractivity contribution in [1.29, 1.82) is 0 Å². The third-order valence-electron chi connectivity index (χ3n) is 3.49. The smallest absolute Gasteiger partial charge is 0.335 e. The normalized spacial score (nSPS) is 14.2. The van der Waals surface area contributed by atoms with E-state index in [1.54, 1.807) is 24.7 Å². The predicted molar refractivity (Wildman–Crippen MR) is 71.5 cm³/mol. The Labute approximate surface area is 111 Å². The average Bonchev–Trinajstić information content (AvgIpc) is 2.91. The number of carbonyl (C=O) groups is 1. The van der Waals surface area contributed by atoms with Crippen LogP contribution in [0.1, 0.15) is 27.9 Å². The highest BCUT2D eigenvalue weighted by atomic mass is 16.4. The summed E-state index contributed by atoms with van der Waals surface area (Å²) in [5.41, 5.74) is 3.76. The van der Waals surface area contributed by atoms with Crippen molar-refractivity contribution >= 4 is 11.7 Å². The third-order valence-corrected chi connectivity index (χ3v) is 3.49. The van der Waals surface area contributed by atoms with Gasteiger partial charge in [-0.25, -0.2) is 4.79 Å². The van der Waals surface area contributed by atoms with Gasteiger partial charge in [0.1, 0.15) is 0 Å². The van der Waals surface area contributed by atoms with Gasteiger partial charge in [0, 0.05) is 24.3 Å². The molecule has 98 valence electrons. The van der Waals surface area contributed by atoms with Crippen LogP contribution in [0.5, 0.6) is 0 Å². The number of aryl methyl sites for hydroxylation is 1. The second kappa shape index (κ2) is 4.80. The van der Waals surface area contributed by atoms with Crippen LogP contribution < -0.4 is 4.90 Å². The molecule has 0 saturated carbocycles. The predicted octanol–water partition coefficient (Wildman–Crippen LogP) is 2.93. The summed E-state index contributed by atoms with van der Waals surface area (Å²) in [5, 5.41) is 9.03. The van der Waals surface area contributed by atoms with Crippen molar-refractivity contribution < 1.29 is 14.3 Å². The average molecular weight is 257 g/mol. The topological polar surface area (TPSA) is 53.7 Å². The molecule has 0 aliphatic carbocycles. The number of aromatic carboxylic acids is 1. The number of carboxylic acid groups (broad SMARTS) is 1. The number of fused-ring (bicyclic) bond motifs is 1. The largest absolute Gasteiger partial charge is 0.478 e. The molecule has 0 atom stereocenters. The quantitative estimate of drug-likeness (QED) is 0.918. The molecule has 4 heteroatoms. The fourth-order valence-corrected chi connectivity index (χ4v) is 2.58. The molecule has 0 spiro atoms. The van der Waals surface area contributed by atoms with Crippen LogP contribution in [-0.4, -0.2) is 17.6 Å². The Kier molecular flexibility index (Phi) is 2.99. The summed E-state index contributed by atoms with van der Waals surface area (Å²) in [5.74, 6) is -0.866. The molecular formula is C15H15NO3. The van der Waals surface area contributed by atoms with E-state index < -0.39 is 5.97 Å². The van der Waals surface area contributed by atoms with E-state index in [0.29, 0.717) is 5.56 Å². The third kappa shape index (κ3) is 2.34. The second-order valence-electron chi connectivity index (χ2n) is 4.81. The Balaban J connectivity index is 1.89. The van der Waals surface area contributed by atoms with E-state index in [-0.39, 0.29) is 0 Å². The minimum absolute atomic E-state index is 0.365. The maximum absolute atomic E-state index is 11.0. The van der Waals surface area contributed by atoms with Crippen molar-refractivity contribution in [3.63, 3.8) is 0 Å². The van der Waals surface area contributed by atoms with Gasteiger partial charge in [-0.1, -0.05) is 0 Å². The maximum atomic E-state index is 11.0. The first kappa shape index (κ1) is 11.8. The molecule has 2 heterocycles. The van der Waals surface area contributed by atoms with E-state index >= 15 is 0 Å². The first-order valence-electron chi connectivity index (χ1n) is 6.36. The highest BCUT2D eigenvalue weighted by Gasteiger charge is 2.18. The molecule has 0 unspecified atom stereocenters. The molecule has 1 aliphatic rings. The summed E-state index contributed by atoms with van der Waals surface area (Å²) in [7, 11) is 0. The summed E-state index contributed by atoms with van der Waals surface area (Å²) in [4.78, 5) is 13.3. The number of furan rings is 1.